The first-order valence-corrected chi connectivity index (χ1v) is 17.3. The normalized spacial score (nSPS) is 12.6. The van der Waals surface area contributed by atoms with Gasteiger partial charge in [-0.2, -0.15) is 0 Å². The highest BCUT2D eigenvalue weighted by Gasteiger charge is 2.40. The van der Waals surface area contributed by atoms with Crippen molar-refractivity contribution in [2.45, 2.75) is 20.8 Å². The zero-order chi connectivity index (χ0) is 34.8. The Morgan fingerprint density at radius 1 is 0.431 bits per heavy atom. The molecular weight excluding hydrogens is 625 g/mol. The Hall–Kier alpha value is -6.52. The predicted octanol–water partition coefficient (Wildman–Crippen LogP) is 11.5. The summed E-state index contributed by atoms with van der Waals surface area (Å²) >= 11 is 0. The first kappa shape index (κ1) is 30.5. The number of benzene rings is 7. The van der Waals surface area contributed by atoms with Gasteiger partial charge in [-0.3, -0.25) is 9.59 Å². The zero-order valence-corrected chi connectivity index (χ0v) is 28.6. The minimum atomic E-state index is -0.332. The van der Waals surface area contributed by atoms with Crippen LogP contribution in [-0.2, 0) is 0 Å². The molecule has 0 atom stereocenters. The second kappa shape index (κ2) is 11.8. The molecule has 0 bridgehead atoms. The molecule has 244 valence electrons. The van der Waals surface area contributed by atoms with Gasteiger partial charge in [0.1, 0.15) is 0 Å². The van der Waals surface area contributed by atoms with Crippen molar-refractivity contribution >= 4 is 39.3 Å². The maximum absolute atomic E-state index is 14.9. The van der Waals surface area contributed by atoms with Crippen molar-refractivity contribution in [2.75, 3.05) is 4.90 Å². The van der Waals surface area contributed by atoms with Gasteiger partial charge in [-0.1, -0.05) is 127 Å². The van der Waals surface area contributed by atoms with E-state index in [1.165, 1.54) is 27.2 Å². The van der Waals surface area contributed by atoms with Crippen LogP contribution in [0.1, 0.15) is 37.4 Å². The van der Waals surface area contributed by atoms with Crippen LogP contribution < -0.4 is 4.90 Å². The van der Waals surface area contributed by atoms with Gasteiger partial charge >= 0.3 is 0 Å². The number of imide groups is 1. The molecule has 2 amide bonds. The van der Waals surface area contributed by atoms with E-state index in [9.17, 15) is 9.59 Å². The van der Waals surface area contributed by atoms with E-state index in [2.05, 4.69) is 92.1 Å². The number of carbonyl (C=O) groups is 2. The van der Waals surface area contributed by atoms with Gasteiger partial charge in [0, 0.05) is 21.9 Å². The molecule has 0 fully saturated rings. The van der Waals surface area contributed by atoms with Gasteiger partial charge < -0.3 is 4.57 Å². The van der Waals surface area contributed by atoms with Crippen molar-refractivity contribution < 1.29 is 9.59 Å². The van der Waals surface area contributed by atoms with Gasteiger partial charge in [0.15, 0.2) is 0 Å². The van der Waals surface area contributed by atoms with Crippen LogP contribution in [0.3, 0.4) is 0 Å². The van der Waals surface area contributed by atoms with E-state index in [1.54, 1.807) is 6.07 Å². The number of hydrogen-bond acceptors (Lipinski definition) is 2. The summed E-state index contributed by atoms with van der Waals surface area (Å²) in [6.45, 7) is 6.45. The number of nitrogens with zero attached hydrogens (tertiary/aromatic N) is 2. The maximum Gasteiger partial charge on any atom is 0.268 e. The molecule has 0 spiro atoms. The highest BCUT2D eigenvalue weighted by molar-refractivity contribution is 6.36. The summed E-state index contributed by atoms with van der Waals surface area (Å²) in [7, 11) is 0. The molecule has 4 nitrogen and oxygen atoms in total. The molecule has 0 N–H and O–H groups in total. The Morgan fingerprint density at radius 3 is 1.80 bits per heavy atom. The fourth-order valence-electron chi connectivity index (χ4n) is 8.14. The number of aryl methyl sites for hydroxylation is 3. The molecule has 0 saturated carbocycles. The van der Waals surface area contributed by atoms with E-state index >= 15 is 0 Å². The van der Waals surface area contributed by atoms with Crippen molar-refractivity contribution in [3.8, 4) is 39.1 Å². The molecule has 0 aliphatic carbocycles. The summed E-state index contributed by atoms with van der Waals surface area (Å²) in [6, 6.07) is 51.0. The number of aromatic nitrogens is 1. The Labute approximate surface area is 296 Å². The lowest BCUT2D eigenvalue weighted by Gasteiger charge is -2.20. The van der Waals surface area contributed by atoms with Crippen LogP contribution in [0, 0.1) is 20.8 Å². The quantitative estimate of drug-likeness (QED) is 0.173. The molecule has 7 aromatic carbocycles. The van der Waals surface area contributed by atoms with Gasteiger partial charge in [0.25, 0.3) is 11.8 Å². The maximum atomic E-state index is 14.9. The molecule has 8 aromatic rings. The average Bonchev–Trinajstić information content (AvgIpc) is 3.63. The molecule has 1 aromatic heterocycles. The highest BCUT2D eigenvalue weighted by atomic mass is 16.2. The van der Waals surface area contributed by atoms with E-state index in [1.807, 2.05) is 78.9 Å². The van der Waals surface area contributed by atoms with Crippen LogP contribution >= 0.6 is 0 Å². The number of anilines is 1. The number of carbonyl (C=O) groups excluding carboxylic acids is 2. The minimum absolute atomic E-state index is 0.326. The van der Waals surface area contributed by atoms with Gasteiger partial charge in [0.05, 0.1) is 33.5 Å². The molecule has 1 aliphatic rings. The van der Waals surface area contributed by atoms with E-state index in [0.29, 0.717) is 22.5 Å². The van der Waals surface area contributed by atoms with E-state index < -0.39 is 0 Å². The van der Waals surface area contributed by atoms with Crippen molar-refractivity contribution in [1.29, 1.82) is 0 Å². The number of para-hydroxylation sites is 2. The van der Waals surface area contributed by atoms with E-state index in [-0.39, 0.29) is 11.8 Å². The number of hydrogen-bond donors (Lipinski definition) is 0. The summed E-state index contributed by atoms with van der Waals surface area (Å²) in [4.78, 5) is 30.8. The summed E-state index contributed by atoms with van der Waals surface area (Å²) in [5, 5.41) is 2.18. The molecule has 0 saturated heterocycles. The molecule has 4 heteroatoms. The fraction of sp³-hybridized carbons (Fsp3) is 0.0638. The lowest BCUT2D eigenvalue weighted by Crippen LogP contribution is -2.30. The largest absolute Gasteiger partial charge is 0.308 e. The molecule has 51 heavy (non-hydrogen) atoms. The second-order valence-corrected chi connectivity index (χ2v) is 13.4. The zero-order valence-electron chi connectivity index (χ0n) is 28.6. The minimum Gasteiger partial charge on any atom is -0.308 e. The van der Waals surface area contributed by atoms with Crippen LogP contribution in [0.15, 0.2) is 152 Å². The monoisotopic (exact) mass is 658 g/mol. The van der Waals surface area contributed by atoms with Gasteiger partial charge in [-0.15, -0.1) is 0 Å². The van der Waals surface area contributed by atoms with Gasteiger partial charge in [-0.05, 0) is 84.5 Å². The Balaban J connectivity index is 1.28. The lowest BCUT2D eigenvalue weighted by atomic mass is 9.92. The van der Waals surface area contributed by atoms with E-state index in [4.69, 9.17) is 0 Å². The van der Waals surface area contributed by atoms with Crippen molar-refractivity contribution in [1.82, 2.24) is 4.57 Å². The first-order chi connectivity index (χ1) is 24.9. The summed E-state index contributed by atoms with van der Waals surface area (Å²) in [5.41, 5.74) is 13.7. The number of rotatable bonds is 5. The fourth-order valence-corrected chi connectivity index (χ4v) is 8.14. The smallest absolute Gasteiger partial charge is 0.268 e. The number of amides is 2. The first-order valence-electron chi connectivity index (χ1n) is 17.3. The molecule has 1 aliphatic heterocycles. The number of fused-ring (bicyclic) bond motifs is 4. The topological polar surface area (TPSA) is 42.3 Å². The molecular formula is C47H34N2O2. The summed E-state index contributed by atoms with van der Waals surface area (Å²) < 4.78 is 2.20. The van der Waals surface area contributed by atoms with Crippen LogP contribution in [-0.4, -0.2) is 16.4 Å². The third kappa shape index (κ3) is 4.75. The summed E-state index contributed by atoms with van der Waals surface area (Å²) in [5.74, 6) is -0.658. The summed E-state index contributed by atoms with van der Waals surface area (Å²) in [6.07, 6.45) is 0. The van der Waals surface area contributed by atoms with Crippen molar-refractivity contribution in [3.63, 3.8) is 0 Å². The Kier molecular flexibility index (Phi) is 7.08. The van der Waals surface area contributed by atoms with Crippen molar-refractivity contribution in [2.24, 2.45) is 0 Å². The molecule has 2 heterocycles. The van der Waals surface area contributed by atoms with Crippen LogP contribution in [0.5, 0.6) is 0 Å². The SMILES string of the molecule is Cc1cc(C)c(-c2cccc3c4ccccc4n(-c4cccc5c4C(=O)N(c4ccc(-c6ccccc6)cc4-c4ccccc4)C5=O)c23)c(C)c1. The molecule has 9 rings (SSSR count). The third-order valence-electron chi connectivity index (χ3n) is 10.2. The van der Waals surface area contributed by atoms with Crippen LogP contribution in [0.25, 0.3) is 60.9 Å². The highest BCUT2D eigenvalue weighted by Crippen LogP contribution is 2.44. The predicted molar refractivity (Wildman–Crippen MR) is 209 cm³/mol. The molecule has 0 radical (unpaired) electrons. The average molecular weight is 659 g/mol. The van der Waals surface area contributed by atoms with Crippen LogP contribution in [0.4, 0.5) is 5.69 Å². The Morgan fingerprint density at radius 2 is 1.06 bits per heavy atom. The van der Waals surface area contributed by atoms with E-state index in [0.717, 1.165) is 49.6 Å². The van der Waals surface area contributed by atoms with Crippen LogP contribution in [0.2, 0.25) is 0 Å². The Bertz CT molecular complexity index is 2680. The standard InChI is InChI=1S/C47H34N2O2/c1-29-26-30(2)43(31(3)27-29)37-20-12-19-36-35-18-10-11-22-40(35)48(45(36)37)42-23-13-21-38-44(42)47(51)49(46(38)50)41-25-24-34(32-14-6-4-7-15-32)28-39(41)33-16-8-5-9-17-33/h4-28H,1-3H3. The van der Waals surface area contributed by atoms with Gasteiger partial charge in [0.2, 0.25) is 0 Å². The molecule has 0 unspecified atom stereocenters. The second-order valence-electron chi connectivity index (χ2n) is 13.4. The van der Waals surface area contributed by atoms with Gasteiger partial charge in [-0.25, -0.2) is 4.90 Å². The lowest BCUT2D eigenvalue weighted by molar-refractivity contribution is 0.0926. The van der Waals surface area contributed by atoms with Crippen molar-refractivity contribution in [3.05, 3.63) is 179 Å². The third-order valence-corrected chi connectivity index (χ3v) is 10.2.